The molecule has 1 aliphatic rings. The van der Waals surface area contributed by atoms with Crippen molar-refractivity contribution in [2.45, 2.75) is 25.7 Å². The van der Waals surface area contributed by atoms with Crippen molar-refractivity contribution in [3.63, 3.8) is 0 Å². The molecule has 4 aromatic rings. The number of hydrogen-bond donors (Lipinski definition) is 0. The highest BCUT2D eigenvalue weighted by molar-refractivity contribution is 5.69. The molecule has 4 heterocycles. The minimum atomic E-state index is -0.463. The summed E-state index contributed by atoms with van der Waals surface area (Å²) in [6.07, 6.45) is 5.06. The molecule has 1 saturated carbocycles. The second-order valence-corrected chi connectivity index (χ2v) is 6.99. The summed E-state index contributed by atoms with van der Waals surface area (Å²) in [5.41, 5.74) is 2.98. The second kappa shape index (κ2) is 6.80. The maximum absolute atomic E-state index is 14.8. The Balaban J connectivity index is 1.52. The van der Waals surface area contributed by atoms with Crippen molar-refractivity contribution in [2.24, 2.45) is 0 Å². The lowest BCUT2D eigenvalue weighted by molar-refractivity contribution is 0.430. The van der Waals surface area contributed by atoms with Crippen LogP contribution < -0.4 is 0 Å². The Kier molecular flexibility index (Phi) is 4.12. The minimum absolute atomic E-state index is 0.126. The van der Waals surface area contributed by atoms with Gasteiger partial charge in [0.25, 0.3) is 5.89 Å². The lowest BCUT2D eigenvalue weighted by atomic mass is 10.0. The molecule has 1 fully saturated rings. The maximum atomic E-state index is 14.8. The fraction of sp³-hybridized carbons (Fsp3) is 0.190. The molecule has 0 radical (unpaired) electrons. The standard InChI is InChI=1S/C21H15F2N5O/c1-11-19(23)15(13-4-6-16(24-9-13)12-2-3-12)8-18(26-11)20-27-21(29-28-20)17-7-5-14(22)10-25-17/h4-10,12H,2-3H2,1H3. The highest BCUT2D eigenvalue weighted by atomic mass is 19.1. The van der Waals surface area contributed by atoms with Crippen LogP contribution in [0.25, 0.3) is 34.2 Å². The van der Waals surface area contributed by atoms with E-state index >= 15 is 0 Å². The van der Waals surface area contributed by atoms with Gasteiger partial charge in [-0.25, -0.2) is 18.7 Å². The second-order valence-electron chi connectivity index (χ2n) is 6.99. The Bertz CT molecular complexity index is 1180. The maximum Gasteiger partial charge on any atom is 0.276 e. The number of hydrogen-bond acceptors (Lipinski definition) is 6. The van der Waals surface area contributed by atoms with Crippen molar-refractivity contribution < 1.29 is 13.3 Å². The third-order valence-electron chi connectivity index (χ3n) is 4.82. The van der Waals surface area contributed by atoms with E-state index in [1.54, 1.807) is 19.2 Å². The molecule has 0 unspecified atom stereocenters. The number of aryl methyl sites for hydroxylation is 1. The van der Waals surface area contributed by atoms with Crippen LogP contribution in [0, 0.1) is 18.6 Å². The van der Waals surface area contributed by atoms with Gasteiger partial charge in [-0.15, -0.1) is 0 Å². The number of halogens is 2. The van der Waals surface area contributed by atoms with Gasteiger partial charge in [0, 0.05) is 28.9 Å². The van der Waals surface area contributed by atoms with E-state index in [0.29, 0.717) is 28.4 Å². The van der Waals surface area contributed by atoms with Gasteiger partial charge >= 0.3 is 0 Å². The molecular formula is C21H15F2N5O. The lowest BCUT2D eigenvalue weighted by Crippen LogP contribution is -1.98. The van der Waals surface area contributed by atoms with Crippen LogP contribution in [0.4, 0.5) is 8.78 Å². The molecule has 0 atom stereocenters. The van der Waals surface area contributed by atoms with Gasteiger partial charge in [-0.2, -0.15) is 4.98 Å². The first-order chi connectivity index (χ1) is 14.1. The first-order valence-corrected chi connectivity index (χ1v) is 9.18. The molecular weight excluding hydrogens is 376 g/mol. The summed E-state index contributed by atoms with van der Waals surface area (Å²) in [4.78, 5) is 16.9. The van der Waals surface area contributed by atoms with Crippen LogP contribution >= 0.6 is 0 Å². The molecule has 0 spiro atoms. The third kappa shape index (κ3) is 3.37. The van der Waals surface area contributed by atoms with E-state index in [4.69, 9.17) is 4.52 Å². The number of aromatic nitrogens is 5. The Hall–Kier alpha value is -3.55. The van der Waals surface area contributed by atoms with Crippen LogP contribution in [0.3, 0.4) is 0 Å². The van der Waals surface area contributed by atoms with E-state index in [2.05, 4.69) is 25.1 Å². The SMILES string of the molecule is Cc1nc(-c2noc(-c3ccc(F)cn3)n2)cc(-c2ccc(C3CC3)nc2)c1F. The van der Waals surface area contributed by atoms with Gasteiger partial charge in [0.15, 0.2) is 5.82 Å². The van der Waals surface area contributed by atoms with Crippen LogP contribution in [0.1, 0.15) is 30.1 Å². The van der Waals surface area contributed by atoms with E-state index in [-0.39, 0.29) is 17.4 Å². The van der Waals surface area contributed by atoms with E-state index < -0.39 is 11.6 Å². The normalized spacial score (nSPS) is 13.6. The predicted molar refractivity (Wildman–Crippen MR) is 101 cm³/mol. The number of rotatable bonds is 4. The molecule has 5 rings (SSSR count). The topological polar surface area (TPSA) is 77.6 Å². The summed E-state index contributed by atoms with van der Waals surface area (Å²) < 4.78 is 33.0. The van der Waals surface area contributed by atoms with Crippen LogP contribution in [0.2, 0.25) is 0 Å². The van der Waals surface area contributed by atoms with Crippen LogP contribution in [-0.2, 0) is 0 Å². The third-order valence-corrected chi connectivity index (χ3v) is 4.82. The molecule has 0 amide bonds. The zero-order valence-corrected chi connectivity index (χ0v) is 15.4. The molecule has 1 aliphatic carbocycles. The fourth-order valence-corrected chi connectivity index (χ4v) is 3.10. The molecule has 0 saturated heterocycles. The summed E-state index contributed by atoms with van der Waals surface area (Å²) in [6.45, 7) is 1.58. The highest BCUT2D eigenvalue weighted by Gasteiger charge is 2.25. The van der Waals surface area contributed by atoms with Gasteiger partial charge < -0.3 is 4.52 Å². The molecule has 8 heteroatoms. The van der Waals surface area contributed by atoms with Crippen LogP contribution in [-0.4, -0.2) is 25.1 Å². The average molecular weight is 391 g/mol. The Labute approximate surface area is 164 Å². The smallest absolute Gasteiger partial charge is 0.276 e. The Morgan fingerprint density at radius 2 is 1.83 bits per heavy atom. The first-order valence-electron chi connectivity index (χ1n) is 9.18. The quantitative estimate of drug-likeness (QED) is 0.501. The number of nitrogens with zero attached hydrogens (tertiary/aromatic N) is 5. The van der Waals surface area contributed by atoms with Gasteiger partial charge in [0.05, 0.1) is 11.9 Å². The molecule has 144 valence electrons. The van der Waals surface area contributed by atoms with E-state index in [0.717, 1.165) is 24.7 Å². The van der Waals surface area contributed by atoms with Crippen molar-refractivity contribution >= 4 is 0 Å². The number of pyridine rings is 3. The summed E-state index contributed by atoms with van der Waals surface area (Å²) in [6, 6.07) is 8.07. The van der Waals surface area contributed by atoms with Gasteiger partial charge in [0.1, 0.15) is 17.2 Å². The summed E-state index contributed by atoms with van der Waals surface area (Å²) in [5, 5.41) is 3.92. The molecule has 6 nitrogen and oxygen atoms in total. The van der Waals surface area contributed by atoms with Crippen molar-refractivity contribution in [3.8, 4) is 34.2 Å². The molecule has 4 aromatic heterocycles. The van der Waals surface area contributed by atoms with Crippen molar-refractivity contribution in [3.05, 3.63) is 65.7 Å². The van der Waals surface area contributed by atoms with E-state index in [9.17, 15) is 8.78 Å². The van der Waals surface area contributed by atoms with Gasteiger partial charge in [-0.05, 0) is 44.0 Å². The molecule has 29 heavy (non-hydrogen) atoms. The lowest BCUT2D eigenvalue weighted by Gasteiger charge is -2.08. The van der Waals surface area contributed by atoms with Gasteiger partial charge in [-0.3, -0.25) is 4.98 Å². The average Bonchev–Trinajstić information content (AvgIpc) is 3.47. The largest absolute Gasteiger partial charge is 0.332 e. The first kappa shape index (κ1) is 17.5. The Morgan fingerprint density at radius 3 is 2.52 bits per heavy atom. The molecule has 0 aromatic carbocycles. The van der Waals surface area contributed by atoms with Crippen molar-refractivity contribution in [1.82, 2.24) is 25.1 Å². The monoisotopic (exact) mass is 391 g/mol. The zero-order chi connectivity index (χ0) is 20.0. The van der Waals surface area contributed by atoms with Gasteiger partial charge in [0.2, 0.25) is 5.82 Å². The Morgan fingerprint density at radius 1 is 0.966 bits per heavy atom. The van der Waals surface area contributed by atoms with E-state index in [1.807, 2.05) is 12.1 Å². The van der Waals surface area contributed by atoms with Crippen LogP contribution in [0.5, 0.6) is 0 Å². The minimum Gasteiger partial charge on any atom is -0.332 e. The zero-order valence-electron chi connectivity index (χ0n) is 15.4. The van der Waals surface area contributed by atoms with Crippen molar-refractivity contribution in [1.29, 1.82) is 0 Å². The fourth-order valence-electron chi connectivity index (χ4n) is 3.10. The van der Waals surface area contributed by atoms with E-state index in [1.165, 1.54) is 12.1 Å². The highest BCUT2D eigenvalue weighted by Crippen LogP contribution is 2.39. The summed E-state index contributed by atoms with van der Waals surface area (Å²) >= 11 is 0. The summed E-state index contributed by atoms with van der Waals surface area (Å²) in [5.74, 6) is -0.0332. The molecule has 0 aliphatic heterocycles. The van der Waals surface area contributed by atoms with Crippen LogP contribution in [0.15, 0.2) is 47.2 Å². The predicted octanol–water partition coefficient (Wildman–Crippen LogP) is 4.72. The summed E-state index contributed by atoms with van der Waals surface area (Å²) in [7, 11) is 0. The van der Waals surface area contributed by atoms with Gasteiger partial charge in [-0.1, -0.05) is 11.2 Å². The van der Waals surface area contributed by atoms with Crippen molar-refractivity contribution in [2.75, 3.05) is 0 Å². The molecule has 0 bridgehead atoms. The molecule has 0 N–H and O–H groups in total.